The maximum atomic E-state index is 12.7. The van der Waals surface area contributed by atoms with Crippen LogP contribution in [0.4, 0.5) is 0 Å². The smallest absolute Gasteiger partial charge is 0.273 e. The van der Waals surface area contributed by atoms with Crippen molar-refractivity contribution < 1.29 is 4.79 Å². The van der Waals surface area contributed by atoms with Crippen LogP contribution < -0.4 is 5.32 Å². The van der Waals surface area contributed by atoms with Crippen molar-refractivity contribution in [3.05, 3.63) is 46.7 Å². The van der Waals surface area contributed by atoms with E-state index < -0.39 is 0 Å². The molecular weight excluding hydrogens is 405 g/mol. The van der Waals surface area contributed by atoms with Crippen molar-refractivity contribution in [3.63, 3.8) is 0 Å². The van der Waals surface area contributed by atoms with E-state index in [4.69, 9.17) is 0 Å². The predicted octanol–water partition coefficient (Wildman–Crippen LogP) is 2.21. The molecule has 1 unspecified atom stereocenters. The normalized spacial score (nSPS) is 17.1. The number of imidazole rings is 1. The maximum Gasteiger partial charge on any atom is 0.273 e. The van der Waals surface area contributed by atoms with Crippen LogP contribution in [0.1, 0.15) is 22.4 Å². The molecule has 0 bridgehead atoms. The average molecular weight is 423 g/mol. The van der Waals surface area contributed by atoms with Gasteiger partial charge in [-0.2, -0.15) is 0 Å². The Labute approximate surface area is 155 Å². The number of carbonyl (C=O) groups excluding carboxylic acids is 1. The fraction of sp³-hybridized carbons (Fsp3) is 0.357. The summed E-state index contributed by atoms with van der Waals surface area (Å²) in [6, 6.07) is 3.50. The van der Waals surface area contributed by atoms with Gasteiger partial charge in [0.05, 0.1) is 0 Å². The molecule has 126 valence electrons. The maximum absolute atomic E-state index is 12.7. The highest BCUT2D eigenvalue weighted by atomic mass is 79.9. The molecule has 3 heterocycles. The summed E-state index contributed by atoms with van der Waals surface area (Å²) in [5.41, 5.74) is 0.458. The fourth-order valence-corrected chi connectivity index (χ4v) is 2.76. The SMILES string of the molecule is Cl.Cl.Cn1ccnc1C1CNCCN1C(=O)c1ccc(Br)cn1. The summed E-state index contributed by atoms with van der Waals surface area (Å²) >= 11 is 3.33. The summed E-state index contributed by atoms with van der Waals surface area (Å²) in [7, 11) is 1.94. The van der Waals surface area contributed by atoms with Gasteiger partial charge in [0.2, 0.25) is 0 Å². The molecule has 0 aliphatic carbocycles. The predicted molar refractivity (Wildman–Crippen MR) is 96.3 cm³/mol. The highest BCUT2D eigenvalue weighted by molar-refractivity contribution is 9.10. The minimum atomic E-state index is -0.0725. The standard InChI is InChI=1S/C14H16BrN5O.2ClH/c1-19-6-5-17-13(19)12-9-16-4-7-20(12)14(21)11-3-2-10(15)8-18-11;;/h2-3,5-6,8,12,16H,4,7,9H2,1H3;2*1H. The highest BCUT2D eigenvalue weighted by Gasteiger charge is 2.31. The van der Waals surface area contributed by atoms with Crippen molar-refractivity contribution in [3.8, 4) is 0 Å². The largest absolute Gasteiger partial charge is 0.336 e. The van der Waals surface area contributed by atoms with Crippen LogP contribution in [0.5, 0.6) is 0 Å². The molecule has 1 amide bonds. The molecular formula is C14H18BrCl2N5O. The minimum Gasteiger partial charge on any atom is -0.336 e. The zero-order chi connectivity index (χ0) is 14.8. The van der Waals surface area contributed by atoms with Crippen LogP contribution in [-0.4, -0.2) is 45.0 Å². The number of hydrogen-bond donors (Lipinski definition) is 1. The Kier molecular flexibility index (Phi) is 7.47. The molecule has 0 spiro atoms. The van der Waals surface area contributed by atoms with E-state index in [0.717, 1.165) is 16.8 Å². The molecule has 6 nitrogen and oxygen atoms in total. The van der Waals surface area contributed by atoms with Crippen molar-refractivity contribution in [2.24, 2.45) is 7.05 Å². The van der Waals surface area contributed by atoms with Crippen molar-refractivity contribution >= 4 is 46.7 Å². The number of halogens is 3. The Morgan fingerprint density at radius 1 is 1.35 bits per heavy atom. The molecule has 1 atom stereocenters. The Morgan fingerprint density at radius 3 is 2.74 bits per heavy atom. The van der Waals surface area contributed by atoms with Crippen LogP contribution in [0.3, 0.4) is 0 Å². The third-order valence-corrected chi connectivity index (χ3v) is 4.08. The number of aromatic nitrogens is 3. The molecule has 1 aliphatic heterocycles. The fourth-order valence-electron chi connectivity index (χ4n) is 2.53. The number of rotatable bonds is 2. The number of nitrogens with one attached hydrogen (secondary N) is 1. The van der Waals surface area contributed by atoms with E-state index >= 15 is 0 Å². The van der Waals surface area contributed by atoms with Crippen LogP contribution in [-0.2, 0) is 7.05 Å². The molecule has 1 aliphatic rings. The molecule has 23 heavy (non-hydrogen) atoms. The van der Waals surface area contributed by atoms with Gasteiger partial charge in [-0.05, 0) is 28.1 Å². The number of hydrogen-bond acceptors (Lipinski definition) is 4. The van der Waals surface area contributed by atoms with Crippen LogP contribution in [0.2, 0.25) is 0 Å². The second kappa shape index (κ2) is 8.63. The van der Waals surface area contributed by atoms with E-state index in [-0.39, 0.29) is 36.8 Å². The van der Waals surface area contributed by atoms with Gasteiger partial charge < -0.3 is 14.8 Å². The van der Waals surface area contributed by atoms with Gasteiger partial charge >= 0.3 is 0 Å². The average Bonchev–Trinajstić information content (AvgIpc) is 2.93. The summed E-state index contributed by atoms with van der Waals surface area (Å²) in [6.07, 6.45) is 5.29. The molecule has 9 heteroatoms. The lowest BCUT2D eigenvalue weighted by Gasteiger charge is -2.35. The summed E-state index contributed by atoms with van der Waals surface area (Å²) < 4.78 is 2.81. The highest BCUT2D eigenvalue weighted by Crippen LogP contribution is 2.22. The van der Waals surface area contributed by atoms with Gasteiger partial charge in [0.15, 0.2) is 0 Å². The Morgan fingerprint density at radius 2 is 2.13 bits per heavy atom. The molecule has 1 fully saturated rings. The van der Waals surface area contributed by atoms with Crippen LogP contribution in [0.25, 0.3) is 0 Å². The molecule has 2 aromatic rings. The molecule has 0 radical (unpaired) electrons. The number of aryl methyl sites for hydroxylation is 1. The quantitative estimate of drug-likeness (QED) is 0.805. The van der Waals surface area contributed by atoms with Gasteiger partial charge in [0.25, 0.3) is 5.91 Å². The van der Waals surface area contributed by atoms with Gasteiger partial charge in [-0.3, -0.25) is 4.79 Å². The number of pyridine rings is 1. The van der Waals surface area contributed by atoms with E-state index in [1.165, 1.54) is 0 Å². The van der Waals surface area contributed by atoms with Crippen LogP contribution in [0, 0.1) is 0 Å². The van der Waals surface area contributed by atoms with Gasteiger partial charge in [0.1, 0.15) is 17.6 Å². The number of nitrogens with zero attached hydrogens (tertiary/aromatic N) is 4. The molecule has 0 aromatic carbocycles. The van der Waals surface area contributed by atoms with E-state index in [0.29, 0.717) is 18.8 Å². The van der Waals surface area contributed by atoms with Gasteiger partial charge in [-0.25, -0.2) is 9.97 Å². The van der Waals surface area contributed by atoms with Crippen LogP contribution >= 0.6 is 40.7 Å². The van der Waals surface area contributed by atoms with Crippen molar-refractivity contribution in [1.29, 1.82) is 0 Å². The summed E-state index contributed by atoms with van der Waals surface area (Å²) in [4.78, 5) is 23.1. The minimum absolute atomic E-state index is 0. The molecule has 1 saturated heterocycles. The molecule has 1 N–H and O–H groups in total. The van der Waals surface area contributed by atoms with Gasteiger partial charge in [0, 0.05) is 49.7 Å². The van der Waals surface area contributed by atoms with Gasteiger partial charge in [-0.15, -0.1) is 24.8 Å². The molecule has 3 rings (SSSR count). The molecule has 2 aromatic heterocycles. The lowest BCUT2D eigenvalue weighted by atomic mass is 10.1. The Balaban J connectivity index is 0.00000132. The first-order chi connectivity index (χ1) is 10.2. The topological polar surface area (TPSA) is 63.1 Å². The lowest BCUT2D eigenvalue weighted by Crippen LogP contribution is -2.49. The van der Waals surface area contributed by atoms with Crippen molar-refractivity contribution in [1.82, 2.24) is 24.8 Å². The number of amides is 1. The van der Waals surface area contributed by atoms with E-state index in [9.17, 15) is 4.79 Å². The van der Waals surface area contributed by atoms with Crippen molar-refractivity contribution in [2.75, 3.05) is 19.6 Å². The summed E-state index contributed by atoms with van der Waals surface area (Å²) in [5, 5.41) is 3.32. The third kappa shape index (κ3) is 4.23. The lowest BCUT2D eigenvalue weighted by molar-refractivity contribution is 0.0614. The van der Waals surface area contributed by atoms with Gasteiger partial charge in [-0.1, -0.05) is 0 Å². The monoisotopic (exact) mass is 421 g/mol. The number of carbonyl (C=O) groups is 1. The molecule has 0 saturated carbocycles. The van der Waals surface area contributed by atoms with E-state index in [2.05, 4.69) is 31.2 Å². The van der Waals surface area contributed by atoms with E-state index in [1.807, 2.05) is 28.8 Å². The third-order valence-electron chi connectivity index (χ3n) is 3.61. The Hall–Kier alpha value is -1.15. The second-order valence-corrected chi connectivity index (χ2v) is 5.89. The van der Waals surface area contributed by atoms with Crippen molar-refractivity contribution in [2.45, 2.75) is 6.04 Å². The van der Waals surface area contributed by atoms with E-state index in [1.54, 1.807) is 18.5 Å². The first-order valence-corrected chi connectivity index (χ1v) is 7.56. The van der Waals surface area contributed by atoms with Crippen LogP contribution in [0.15, 0.2) is 35.2 Å². The first kappa shape index (κ1) is 19.9. The zero-order valence-corrected chi connectivity index (χ0v) is 15.7. The number of piperazine rings is 1. The summed E-state index contributed by atoms with van der Waals surface area (Å²) in [6.45, 7) is 2.13. The summed E-state index contributed by atoms with van der Waals surface area (Å²) in [5.74, 6) is 0.824. The Bertz CT molecular complexity index is 649. The zero-order valence-electron chi connectivity index (χ0n) is 12.5. The second-order valence-electron chi connectivity index (χ2n) is 4.98. The first-order valence-electron chi connectivity index (χ1n) is 6.77.